The molecule has 20 heavy (non-hydrogen) atoms. The number of nitrogens with zero attached hydrogens (tertiary/aromatic N) is 2. The van der Waals surface area contributed by atoms with Crippen molar-refractivity contribution in [3.8, 4) is 0 Å². The first-order chi connectivity index (χ1) is 9.67. The maximum atomic E-state index is 6.39. The van der Waals surface area contributed by atoms with Crippen LogP contribution in [0.5, 0.6) is 0 Å². The molecule has 2 aromatic heterocycles. The maximum Gasteiger partial charge on any atom is 0.0857 e. The Bertz CT molecular complexity index is 547. The molecular formula is C15H22ClN3S. The van der Waals surface area contributed by atoms with Crippen molar-refractivity contribution in [2.75, 3.05) is 6.54 Å². The number of hydrogen-bond acceptors (Lipinski definition) is 3. The molecule has 2 heterocycles. The van der Waals surface area contributed by atoms with Gasteiger partial charge in [-0.05, 0) is 38.4 Å². The van der Waals surface area contributed by atoms with Crippen molar-refractivity contribution < 1.29 is 0 Å². The normalized spacial score (nSPS) is 12.8. The summed E-state index contributed by atoms with van der Waals surface area (Å²) in [5.74, 6) is 0. The molecule has 0 aromatic carbocycles. The SMILES string of the molecule is CCCNC(c1ccc(C)s1)c1c(Cl)cnn1CCC. The minimum Gasteiger partial charge on any atom is -0.304 e. The fourth-order valence-electron chi connectivity index (χ4n) is 2.28. The molecule has 0 spiro atoms. The summed E-state index contributed by atoms with van der Waals surface area (Å²) in [6.45, 7) is 8.33. The zero-order valence-electron chi connectivity index (χ0n) is 12.3. The molecular weight excluding hydrogens is 290 g/mol. The molecule has 1 unspecified atom stereocenters. The minimum absolute atomic E-state index is 0.134. The van der Waals surface area contributed by atoms with Gasteiger partial charge in [0.15, 0.2) is 0 Å². The fourth-order valence-corrected chi connectivity index (χ4v) is 3.49. The average molecular weight is 312 g/mol. The highest BCUT2D eigenvalue weighted by atomic mass is 35.5. The van der Waals surface area contributed by atoms with E-state index in [1.54, 1.807) is 6.20 Å². The molecule has 1 N–H and O–H groups in total. The third kappa shape index (κ3) is 3.43. The summed E-state index contributed by atoms with van der Waals surface area (Å²) in [6, 6.07) is 4.48. The first-order valence-corrected chi connectivity index (χ1v) is 8.37. The minimum atomic E-state index is 0.134. The quantitative estimate of drug-likeness (QED) is 0.821. The largest absolute Gasteiger partial charge is 0.304 e. The third-order valence-electron chi connectivity index (χ3n) is 3.19. The summed E-state index contributed by atoms with van der Waals surface area (Å²) in [4.78, 5) is 2.62. The molecule has 0 radical (unpaired) electrons. The average Bonchev–Trinajstić information content (AvgIpc) is 3.00. The molecule has 5 heteroatoms. The Balaban J connectivity index is 2.37. The second kappa shape index (κ2) is 7.25. The van der Waals surface area contributed by atoms with E-state index in [4.69, 9.17) is 11.6 Å². The first kappa shape index (κ1) is 15.5. The molecule has 0 saturated heterocycles. The van der Waals surface area contributed by atoms with E-state index in [1.165, 1.54) is 9.75 Å². The van der Waals surface area contributed by atoms with Crippen molar-refractivity contribution in [3.63, 3.8) is 0 Å². The monoisotopic (exact) mass is 311 g/mol. The molecule has 1 atom stereocenters. The topological polar surface area (TPSA) is 29.9 Å². The van der Waals surface area contributed by atoms with Gasteiger partial charge in [0, 0.05) is 16.3 Å². The summed E-state index contributed by atoms with van der Waals surface area (Å²) >= 11 is 8.21. The Labute approximate surface area is 130 Å². The van der Waals surface area contributed by atoms with Gasteiger partial charge in [0.2, 0.25) is 0 Å². The van der Waals surface area contributed by atoms with Crippen LogP contribution >= 0.6 is 22.9 Å². The molecule has 0 aliphatic rings. The highest BCUT2D eigenvalue weighted by Crippen LogP contribution is 2.32. The molecule has 0 fully saturated rings. The molecule has 0 saturated carbocycles. The smallest absolute Gasteiger partial charge is 0.0857 e. The highest BCUT2D eigenvalue weighted by molar-refractivity contribution is 7.12. The molecule has 2 aromatic rings. The maximum absolute atomic E-state index is 6.39. The lowest BCUT2D eigenvalue weighted by molar-refractivity contribution is 0.515. The summed E-state index contributed by atoms with van der Waals surface area (Å²) in [7, 11) is 0. The summed E-state index contributed by atoms with van der Waals surface area (Å²) < 4.78 is 2.03. The lowest BCUT2D eigenvalue weighted by Crippen LogP contribution is -2.25. The van der Waals surface area contributed by atoms with E-state index in [1.807, 2.05) is 16.0 Å². The summed E-state index contributed by atoms with van der Waals surface area (Å²) in [6.07, 6.45) is 3.91. The first-order valence-electron chi connectivity index (χ1n) is 7.18. The Morgan fingerprint density at radius 2 is 2.15 bits per heavy atom. The van der Waals surface area contributed by atoms with E-state index in [0.717, 1.165) is 36.6 Å². The summed E-state index contributed by atoms with van der Waals surface area (Å²) in [5.41, 5.74) is 1.09. The van der Waals surface area contributed by atoms with E-state index >= 15 is 0 Å². The predicted octanol–water partition coefficient (Wildman–Crippen LogP) is 4.41. The van der Waals surface area contributed by atoms with Crippen LogP contribution in [0.25, 0.3) is 0 Å². The van der Waals surface area contributed by atoms with Gasteiger partial charge < -0.3 is 5.32 Å². The Hall–Kier alpha value is -0.840. The Morgan fingerprint density at radius 3 is 2.75 bits per heavy atom. The predicted molar refractivity (Wildman–Crippen MR) is 86.7 cm³/mol. The van der Waals surface area contributed by atoms with Crippen LogP contribution in [-0.4, -0.2) is 16.3 Å². The summed E-state index contributed by atoms with van der Waals surface area (Å²) in [5, 5.41) is 8.77. The van der Waals surface area contributed by atoms with E-state index in [2.05, 4.69) is 43.3 Å². The molecule has 0 amide bonds. The standard InChI is InChI=1S/C15H22ClN3S/c1-4-8-17-14(13-7-6-11(3)20-13)15-12(16)10-18-19(15)9-5-2/h6-7,10,14,17H,4-5,8-9H2,1-3H3. The number of halogens is 1. The number of rotatable bonds is 7. The molecule has 2 rings (SSSR count). The van der Waals surface area contributed by atoms with Crippen LogP contribution in [0.3, 0.4) is 0 Å². The van der Waals surface area contributed by atoms with Gasteiger partial charge in [0.05, 0.1) is 23.0 Å². The second-order valence-corrected chi connectivity index (χ2v) is 6.66. The molecule has 110 valence electrons. The molecule has 0 aliphatic carbocycles. The van der Waals surface area contributed by atoms with Gasteiger partial charge in [0.1, 0.15) is 0 Å². The number of hydrogen-bond donors (Lipinski definition) is 1. The van der Waals surface area contributed by atoms with E-state index in [9.17, 15) is 0 Å². The van der Waals surface area contributed by atoms with Crippen LogP contribution < -0.4 is 5.32 Å². The zero-order valence-corrected chi connectivity index (χ0v) is 13.9. The zero-order chi connectivity index (χ0) is 14.5. The van der Waals surface area contributed by atoms with Crippen molar-refractivity contribution in [3.05, 3.63) is 38.8 Å². The van der Waals surface area contributed by atoms with E-state index in [0.29, 0.717) is 0 Å². The van der Waals surface area contributed by atoms with Gasteiger partial charge >= 0.3 is 0 Å². The number of nitrogens with one attached hydrogen (secondary N) is 1. The van der Waals surface area contributed by atoms with Crippen LogP contribution in [-0.2, 0) is 6.54 Å². The third-order valence-corrected chi connectivity index (χ3v) is 4.54. The van der Waals surface area contributed by atoms with Crippen molar-refractivity contribution >= 4 is 22.9 Å². The van der Waals surface area contributed by atoms with Gasteiger partial charge in [0.25, 0.3) is 0 Å². The lowest BCUT2D eigenvalue weighted by Gasteiger charge is -2.19. The van der Waals surface area contributed by atoms with Crippen molar-refractivity contribution in [2.45, 2.75) is 46.2 Å². The van der Waals surface area contributed by atoms with Crippen LogP contribution in [0, 0.1) is 6.92 Å². The van der Waals surface area contributed by atoms with Crippen LogP contribution in [0.1, 0.15) is 48.2 Å². The van der Waals surface area contributed by atoms with Gasteiger partial charge in [-0.3, -0.25) is 4.68 Å². The van der Waals surface area contributed by atoms with Crippen molar-refractivity contribution in [1.82, 2.24) is 15.1 Å². The van der Waals surface area contributed by atoms with Gasteiger partial charge in [-0.1, -0.05) is 25.4 Å². The van der Waals surface area contributed by atoms with E-state index in [-0.39, 0.29) is 6.04 Å². The second-order valence-electron chi connectivity index (χ2n) is 4.94. The van der Waals surface area contributed by atoms with Crippen molar-refractivity contribution in [1.29, 1.82) is 0 Å². The number of aryl methyl sites for hydroxylation is 2. The Morgan fingerprint density at radius 1 is 1.35 bits per heavy atom. The van der Waals surface area contributed by atoms with Gasteiger partial charge in [-0.15, -0.1) is 11.3 Å². The fraction of sp³-hybridized carbons (Fsp3) is 0.533. The highest BCUT2D eigenvalue weighted by Gasteiger charge is 2.22. The molecule has 0 aliphatic heterocycles. The van der Waals surface area contributed by atoms with Crippen LogP contribution in [0.4, 0.5) is 0 Å². The van der Waals surface area contributed by atoms with E-state index < -0.39 is 0 Å². The number of aromatic nitrogens is 2. The van der Waals surface area contributed by atoms with Crippen LogP contribution in [0.2, 0.25) is 5.02 Å². The lowest BCUT2D eigenvalue weighted by atomic mass is 10.1. The van der Waals surface area contributed by atoms with Crippen LogP contribution in [0.15, 0.2) is 18.3 Å². The Kier molecular flexibility index (Phi) is 5.64. The molecule has 0 bridgehead atoms. The number of thiophene rings is 1. The van der Waals surface area contributed by atoms with Crippen molar-refractivity contribution in [2.24, 2.45) is 0 Å². The van der Waals surface area contributed by atoms with Gasteiger partial charge in [-0.25, -0.2) is 0 Å². The van der Waals surface area contributed by atoms with Gasteiger partial charge in [-0.2, -0.15) is 5.10 Å². The molecule has 3 nitrogen and oxygen atoms in total.